The standard InChI is InChI=1S/C18H32N2S/c1-14(16-7-6-12-21-16)20(5)18(13-19)10-8-15(9-11-18)17(2,3)4/h6-7,12,14-15H,8-11,13,19H2,1-5H3. The molecule has 0 saturated heterocycles. The molecule has 0 radical (unpaired) electrons. The maximum absolute atomic E-state index is 6.25. The van der Waals surface area contributed by atoms with Gasteiger partial charge in [0.05, 0.1) is 0 Å². The van der Waals surface area contributed by atoms with Crippen molar-refractivity contribution in [2.75, 3.05) is 13.6 Å². The zero-order valence-electron chi connectivity index (χ0n) is 14.4. The Bertz CT molecular complexity index is 425. The van der Waals surface area contributed by atoms with Gasteiger partial charge >= 0.3 is 0 Å². The van der Waals surface area contributed by atoms with E-state index in [1.54, 1.807) is 0 Å². The van der Waals surface area contributed by atoms with E-state index < -0.39 is 0 Å². The fourth-order valence-corrected chi connectivity index (χ4v) is 4.68. The molecule has 1 heterocycles. The van der Waals surface area contributed by atoms with E-state index in [0.717, 1.165) is 12.5 Å². The minimum Gasteiger partial charge on any atom is -0.329 e. The molecule has 21 heavy (non-hydrogen) atoms. The predicted octanol–water partition coefficient (Wildman–Crippen LogP) is 4.67. The first kappa shape index (κ1) is 17.0. The third kappa shape index (κ3) is 3.52. The molecule has 0 amide bonds. The van der Waals surface area contributed by atoms with Gasteiger partial charge in [0.1, 0.15) is 0 Å². The molecular formula is C18H32N2S. The lowest BCUT2D eigenvalue weighted by Crippen LogP contribution is -2.55. The molecule has 0 spiro atoms. The number of likely N-dealkylation sites (N-methyl/N-ethyl adjacent to an activating group) is 1. The molecular weight excluding hydrogens is 276 g/mol. The summed E-state index contributed by atoms with van der Waals surface area (Å²) < 4.78 is 0. The van der Waals surface area contributed by atoms with Crippen molar-refractivity contribution in [1.29, 1.82) is 0 Å². The largest absolute Gasteiger partial charge is 0.329 e. The number of hydrogen-bond donors (Lipinski definition) is 1. The summed E-state index contributed by atoms with van der Waals surface area (Å²) in [5.74, 6) is 0.836. The summed E-state index contributed by atoms with van der Waals surface area (Å²) in [6.45, 7) is 10.2. The van der Waals surface area contributed by atoms with Crippen LogP contribution in [0.3, 0.4) is 0 Å². The van der Waals surface area contributed by atoms with Crippen molar-refractivity contribution in [1.82, 2.24) is 4.90 Å². The highest BCUT2D eigenvalue weighted by molar-refractivity contribution is 7.10. The van der Waals surface area contributed by atoms with Gasteiger partial charge in [-0.15, -0.1) is 11.3 Å². The molecule has 1 unspecified atom stereocenters. The third-order valence-electron chi connectivity index (χ3n) is 5.81. The molecule has 2 N–H and O–H groups in total. The quantitative estimate of drug-likeness (QED) is 0.875. The van der Waals surface area contributed by atoms with Crippen LogP contribution in [-0.2, 0) is 0 Å². The maximum atomic E-state index is 6.25. The van der Waals surface area contributed by atoms with E-state index in [-0.39, 0.29) is 5.54 Å². The molecule has 2 nitrogen and oxygen atoms in total. The van der Waals surface area contributed by atoms with Crippen molar-refractivity contribution in [3.05, 3.63) is 22.4 Å². The van der Waals surface area contributed by atoms with Gasteiger partial charge in [-0.25, -0.2) is 0 Å². The van der Waals surface area contributed by atoms with E-state index in [1.165, 1.54) is 30.6 Å². The van der Waals surface area contributed by atoms with Crippen LogP contribution in [0.5, 0.6) is 0 Å². The summed E-state index contributed by atoms with van der Waals surface area (Å²) in [6.07, 6.45) is 5.08. The Balaban J connectivity index is 2.09. The van der Waals surface area contributed by atoms with Crippen molar-refractivity contribution in [3.8, 4) is 0 Å². The van der Waals surface area contributed by atoms with Crippen LogP contribution in [0.4, 0.5) is 0 Å². The van der Waals surface area contributed by atoms with Crippen molar-refractivity contribution in [3.63, 3.8) is 0 Å². The molecule has 1 atom stereocenters. The van der Waals surface area contributed by atoms with Crippen molar-refractivity contribution >= 4 is 11.3 Å². The average Bonchev–Trinajstić information content (AvgIpc) is 2.99. The van der Waals surface area contributed by atoms with Crippen LogP contribution < -0.4 is 5.73 Å². The molecule has 1 fully saturated rings. The fraction of sp³-hybridized carbons (Fsp3) is 0.778. The van der Waals surface area contributed by atoms with Gasteiger partial charge in [0, 0.05) is 23.0 Å². The van der Waals surface area contributed by atoms with Crippen LogP contribution in [0, 0.1) is 11.3 Å². The second kappa shape index (κ2) is 6.39. The monoisotopic (exact) mass is 308 g/mol. The molecule has 3 heteroatoms. The van der Waals surface area contributed by atoms with E-state index in [2.05, 4.69) is 57.2 Å². The van der Waals surface area contributed by atoms with Gasteiger partial charge in [-0.05, 0) is 62.4 Å². The molecule has 0 aliphatic heterocycles. The summed E-state index contributed by atoms with van der Waals surface area (Å²) in [6, 6.07) is 4.85. The van der Waals surface area contributed by atoms with Gasteiger partial charge in [-0.1, -0.05) is 26.8 Å². The lowest BCUT2D eigenvalue weighted by atomic mass is 9.66. The minimum atomic E-state index is 0.186. The Morgan fingerprint density at radius 1 is 1.38 bits per heavy atom. The molecule has 1 aliphatic carbocycles. The second-order valence-electron chi connectivity index (χ2n) is 7.87. The zero-order chi connectivity index (χ0) is 15.7. The van der Waals surface area contributed by atoms with Crippen LogP contribution in [0.15, 0.2) is 17.5 Å². The average molecular weight is 309 g/mol. The summed E-state index contributed by atoms with van der Waals surface area (Å²) in [7, 11) is 2.27. The van der Waals surface area contributed by atoms with Gasteiger partial charge in [0.25, 0.3) is 0 Å². The molecule has 1 aliphatic rings. The Labute approximate surface area is 134 Å². The normalized spacial score (nSPS) is 28.8. The molecule has 120 valence electrons. The Morgan fingerprint density at radius 2 is 2.00 bits per heavy atom. The number of rotatable bonds is 4. The first-order chi connectivity index (χ1) is 9.80. The van der Waals surface area contributed by atoms with Crippen molar-refractivity contribution < 1.29 is 0 Å². The Kier molecular flexibility index (Phi) is 5.17. The lowest BCUT2D eigenvalue weighted by Gasteiger charge is -2.50. The highest BCUT2D eigenvalue weighted by Crippen LogP contribution is 2.45. The van der Waals surface area contributed by atoms with Gasteiger partial charge in [-0.3, -0.25) is 4.90 Å². The van der Waals surface area contributed by atoms with E-state index in [1.807, 2.05) is 11.3 Å². The summed E-state index contributed by atoms with van der Waals surface area (Å²) in [4.78, 5) is 4.00. The van der Waals surface area contributed by atoms with Crippen molar-refractivity contribution in [2.45, 2.75) is 65.0 Å². The van der Waals surface area contributed by atoms with Gasteiger partial charge in [0.15, 0.2) is 0 Å². The van der Waals surface area contributed by atoms with Crippen LogP contribution >= 0.6 is 11.3 Å². The summed E-state index contributed by atoms with van der Waals surface area (Å²) in [5, 5.41) is 2.17. The van der Waals surface area contributed by atoms with Crippen LogP contribution in [0.2, 0.25) is 0 Å². The molecule has 2 rings (SSSR count). The molecule has 1 saturated carbocycles. The number of thiophene rings is 1. The molecule has 1 aromatic rings. The molecule has 0 bridgehead atoms. The van der Waals surface area contributed by atoms with Crippen LogP contribution in [-0.4, -0.2) is 24.0 Å². The van der Waals surface area contributed by atoms with E-state index in [4.69, 9.17) is 5.73 Å². The van der Waals surface area contributed by atoms with Crippen LogP contribution in [0.25, 0.3) is 0 Å². The highest BCUT2D eigenvalue weighted by Gasteiger charge is 2.42. The maximum Gasteiger partial charge on any atom is 0.0416 e. The smallest absolute Gasteiger partial charge is 0.0416 e. The van der Waals surface area contributed by atoms with Crippen molar-refractivity contribution in [2.24, 2.45) is 17.1 Å². The summed E-state index contributed by atoms with van der Waals surface area (Å²) >= 11 is 1.85. The van der Waals surface area contributed by atoms with Gasteiger partial charge < -0.3 is 5.73 Å². The Morgan fingerprint density at radius 3 is 2.43 bits per heavy atom. The van der Waals surface area contributed by atoms with Gasteiger partial charge in [0.2, 0.25) is 0 Å². The SMILES string of the molecule is CC(c1cccs1)N(C)C1(CN)CCC(C(C)(C)C)CC1. The summed E-state index contributed by atoms with van der Waals surface area (Å²) in [5.41, 5.74) is 6.86. The number of nitrogens with zero attached hydrogens (tertiary/aromatic N) is 1. The van der Waals surface area contributed by atoms with Crippen LogP contribution in [0.1, 0.15) is 64.3 Å². The molecule has 1 aromatic heterocycles. The highest BCUT2D eigenvalue weighted by atomic mass is 32.1. The number of hydrogen-bond acceptors (Lipinski definition) is 3. The van der Waals surface area contributed by atoms with E-state index in [9.17, 15) is 0 Å². The van der Waals surface area contributed by atoms with E-state index in [0.29, 0.717) is 11.5 Å². The topological polar surface area (TPSA) is 29.3 Å². The van der Waals surface area contributed by atoms with Gasteiger partial charge in [-0.2, -0.15) is 0 Å². The molecule has 0 aromatic carbocycles. The minimum absolute atomic E-state index is 0.186. The predicted molar refractivity (Wildman–Crippen MR) is 93.7 cm³/mol. The number of nitrogens with two attached hydrogens (primary N) is 1. The third-order valence-corrected chi connectivity index (χ3v) is 6.85. The first-order valence-corrected chi connectivity index (χ1v) is 9.14. The second-order valence-corrected chi connectivity index (χ2v) is 8.85. The fourth-order valence-electron chi connectivity index (χ4n) is 3.85. The zero-order valence-corrected chi connectivity index (χ0v) is 15.2. The Hall–Kier alpha value is -0.380. The lowest BCUT2D eigenvalue weighted by molar-refractivity contribution is 0.0161. The van der Waals surface area contributed by atoms with E-state index >= 15 is 0 Å². The first-order valence-electron chi connectivity index (χ1n) is 8.26.